The molecule has 0 saturated heterocycles. The first kappa shape index (κ1) is 18.2. The highest BCUT2D eigenvalue weighted by atomic mass is 32.2. The van der Waals surface area contributed by atoms with Crippen LogP contribution in [0.3, 0.4) is 0 Å². The summed E-state index contributed by atoms with van der Waals surface area (Å²) in [6.07, 6.45) is 0. The van der Waals surface area contributed by atoms with Crippen molar-refractivity contribution in [3.8, 4) is 11.8 Å². The lowest BCUT2D eigenvalue weighted by Gasteiger charge is -2.04. The van der Waals surface area contributed by atoms with Gasteiger partial charge in [0, 0.05) is 0 Å². The molecule has 2 rings (SSSR count). The molecule has 126 valence electrons. The summed E-state index contributed by atoms with van der Waals surface area (Å²) in [7, 11) is -7.10. The molecule has 0 aliphatic carbocycles. The summed E-state index contributed by atoms with van der Waals surface area (Å²) in [5, 5.41) is 0. The quantitative estimate of drug-likeness (QED) is 0.784. The Morgan fingerprint density at radius 1 is 0.667 bits per heavy atom. The average Bonchev–Trinajstić information content (AvgIpc) is 2.52. The number of aryl methyl sites for hydroxylation is 2. The van der Waals surface area contributed by atoms with Gasteiger partial charge in [0.05, 0.1) is 9.79 Å². The monoisotopic (exact) mass is 362 g/mol. The predicted octanol–water partition coefficient (Wildman–Crippen LogP) is 2.55. The fourth-order valence-corrected chi connectivity index (χ4v) is 4.84. The molecule has 24 heavy (non-hydrogen) atoms. The molecule has 0 fully saturated rings. The molecule has 0 aliphatic rings. The van der Waals surface area contributed by atoms with Gasteiger partial charge >= 0.3 is 0 Å². The van der Waals surface area contributed by atoms with Crippen LogP contribution in [0.1, 0.15) is 11.1 Å². The third-order valence-corrected chi connectivity index (χ3v) is 6.81. The van der Waals surface area contributed by atoms with Crippen molar-refractivity contribution in [2.75, 3.05) is 11.5 Å². The zero-order valence-electron chi connectivity index (χ0n) is 13.5. The molecule has 0 unspecified atom stereocenters. The lowest BCUT2D eigenvalue weighted by molar-refractivity contribution is 0.596. The summed E-state index contributed by atoms with van der Waals surface area (Å²) in [4.78, 5) is 0.446. The summed E-state index contributed by atoms with van der Waals surface area (Å²) in [5.41, 5.74) is 1.29. The molecular formula is C18H18O4S2. The Kier molecular flexibility index (Phi) is 5.47. The van der Waals surface area contributed by atoms with Crippen molar-refractivity contribution >= 4 is 19.7 Å². The molecule has 0 aliphatic heterocycles. The zero-order valence-corrected chi connectivity index (χ0v) is 15.1. The maximum atomic E-state index is 12.2. The van der Waals surface area contributed by atoms with E-state index in [0.717, 1.165) is 0 Å². The van der Waals surface area contributed by atoms with Crippen LogP contribution in [0.4, 0.5) is 0 Å². The van der Waals surface area contributed by atoms with Crippen molar-refractivity contribution < 1.29 is 16.8 Å². The van der Waals surface area contributed by atoms with Gasteiger partial charge in [-0.1, -0.05) is 48.2 Å². The van der Waals surface area contributed by atoms with E-state index in [-0.39, 0.29) is 9.79 Å². The van der Waals surface area contributed by atoms with E-state index in [1.165, 1.54) is 12.1 Å². The van der Waals surface area contributed by atoms with Gasteiger partial charge in [-0.3, -0.25) is 0 Å². The molecule has 2 aromatic carbocycles. The average molecular weight is 362 g/mol. The van der Waals surface area contributed by atoms with Gasteiger partial charge < -0.3 is 0 Å². The molecule has 0 N–H and O–H groups in total. The van der Waals surface area contributed by atoms with Crippen molar-refractivity contribution in [2.45, 2.75) is 23.6 Å². The van der Waals surface area contributed by atoms with Crippen LogP contribution in [0, 0.1) is 25.7 Å². The van der Waals surface area contributed by atoms with Gasteiger partial charge in [0.25, 0.3) is 0 Å². The SMILES string of the molecule is Cc1ccccc1S(=O)(=O)CC#CCS(=O)(=O)c1ccccc1C. The summed E-state index contributed by atoms with van der Waals surface area (Å²) < 4.78 is 49.0. The van der Waals surface area contributed by atoms with Crippen LogP contribution in [-0.4, -0.2) is 28.3 Å². The second kappa shape index (κ2) is 7.20. The number of rotatable bonds is 4. The van der Waals surface area contributed by atoms with Gasteiger partial charge in [0.15, 0.2) is 19.7 Å². The molecule has 6 heteroatoms. The molecule has 0 heterocycles. The molecular weight excluding hydrogens is 344 g/mol. The van der Waals surface area contributed by atoms with Crippen LogP contribution in [0.2, 0.25) is 0 Å². The number of benzene rings is 2. The Hall–Kier alpha value is -2.10. The number of hydrogen-bond donors (Lipinski definition) is 0. The molecule has 4 nitrogen and oxygen atoms in total. The van der Waals surface area contributed by atoms with Crippen LogP contribution in [-0.2, 0) is 19.7 Å². The van der Waals surface area contributed by atoms with E-state index in [2.05, 4.69) is 11.8 Å². The van der Waals surface area contributed by atoms with Gasteiger partial charge in [0.2, 0.25) is 0 Å². The Morgan fingerprint density at radius 2 is 1.00 bits per heavy atom. The molecule has 0 saturated carbocycles. The van der Waals surface area contributed by atoms with Crippen LogP contribution in [0.5, 0.6) is 0 Å². The van der Waals surface area contributed by atoms with E-state index in [1.54, 1.807) is 50.2 Å². The fraction of sp³-hybridized carbons (Fsp3) is 0.222. The van der Waals surface area contributed by atoms with E-state index in [0.29, 0.717) is 11.1 Å². The molecule has 0 radical (unpaired) electrons. The summed E-state index contributed by atoms with van der Waals surface area (Å²) in [6.45, 7) is 3.42. The van der Waals surface area contributed by atoms with E-state index >= 15 is 0 Å². The molecule has 0 amide bonds. The summed E-state index contributed by atoms with van der Waals surface area (Å²) in [5.74, 6) is 4.16. The van der Waals surface area contributed by atoms with Crippen molar-refractivity contribution in [3.63, 3.8) is 0 Å². The third kappa shape index (κ3) is 4.25. The van der Waals surface area contributed by atoms with Gasteiger partial charge in [-0.15, -0.1) is 0 Å². The first-order valence-corrected chi connectivity index (χ1v) is 10.6. The highest BCUT2D eigenvalue weighted by Gasteiger charge is 2.16. The Balaban J connectivity index is 2.15. The smallest absolute Gasteiger partial charge is 0.189 e. The Bertz CT molecular complexity index is 927. The predicted molar refractivity (Wildman–Crippen MR) is 94.2 cm³/mol. The highest BCUT2D eigenvalue weighted by molar-refractivity contribution is 7.92. The molecule has 0 aromatic heterocycles. The minimum Gasteiger partial charge on any atom is -0.223 e. The van der Waals surface area contributed by atoms with Crippen LogP contribution in [0.25, 0.3) is 0 Å². The normalized spacial score (nSPS) is 11.6. The van der Waals surface area contributed by atoms with Crippen LogP contribution < -0.4 is 0 Å². The number of sulfone groups is 2. The second-order valence-corrected chi connectivity index (χ2v) is 9.32. The Labute approximate surface area is 143 Å². The minimum absolute atomic E-state index is 0.223. The van der Waals surface area contributed by atoms with Crippen molar-refractivity contribution in [1.29, 1.82) is 0 Å². The maximum absolute atomic E-state index is 12.2. The standard InChI is InChI=1S/C18H18O4S2/c1-15-9-3-5-11-17(15)23(19,20)13-7-8-14-24(21,22)18-12-6-4-10-16(18)2/h3-6,9-12H,13-14H2,1-2H3. The van der Waals surface area contributed by atoms with E-state index in [9.17, 15) is 16.8 Å². The first-order valence-electron chi connectivity index (χ1n) is 7.26. The minimum atomic E-state index is -3.55. The third-order valence-electron chi connectivity index (χ3n) is 3.51. The van der Waals surface area contributed by atoms with Crippen LogP contribution >= 0.6 is 0 Å². The second-order valence-electron chi connectivity index (χ2n) is 5.40. The van der Waals surface area contributed by atoms with Crippen molar-refractivity contribution in [1.82, 2.24) is 0 Å². The fourth-order valence-electron chi connectivity index (χ4n) is 2.26. The highest BCUT2D eigenvalue weighted by Crippen LogP contribution is 2.16. The first-order chi connectivity index (χ1) is 11.2. The topological polar surface area (TPSA) is 68.3 Å². The lowest BCUT2D eigenvalue weighted by atomic mass is 10.2. The van der Waals surface area contributed by atoms with E-state index in [1.807, 2.05) is 0 Å². The van der Waals surface area contributed by atoms with Crippen LogP contribution in [0.15, 0.2) is 58.3 Å². The van der Waals surface area contributed by atoms with E-state index in [4.69, 9.17) is 0 Å². The molecule has 0 spiro atoms. The molecule has 2 aromatic rings. The largest absolute Gasteiger partial charge is 0.223 e. The van der Waals surface area contributed by atoms with Crippen molar-refractivity contribution in [3.05, 3.63) is 59.7 Å². The Morgan fingerprint density at radius 3 is 1.33 bits per heavy atom. The van der Waals surface area contributed by atoms with Gasteiger partial charge in [-0.2, -0.15) is 0 Å². The lowest BCUT2D eigenvalue weighted by Crippen LogP contribution is -2.09. The zero-order chi connectivity index (χ0) is 17.8. The maximum Gasteiger partial charge on any atom is 0.189 e. The summed E-state index contributed by atoms with van der Waals surface area (Å²) >= 11 is 0. The summed E-state index contributed by atoms with van der Waals surface area (Å²) in [6, 6.07) is 13.3. The van der Waals surface area contributed by atoms with Gasteiger partial charge in [0.1, 0.15) is 11.5 Å². The number of hydrogen-bond acceptors (Lipinski definition) is 4. The van der Waals surface area contributed by atoms with Gasteiger partial charge in [-0.05, 0) is 37.1 Å². The van der Waals surface area contributed by atoms with E-state index < -0.39 is 31.2 Å². The van der Waals surface area contributed by atoms with Gasteiger partial charge in [-0.25, -0.2) is 16.8 Å². The molecule has 0 atom stereocenters. The van der Waals surface area contributed by atoms with Crippen molar-refractivity contribution in [2.24, 2.45) is 0 Å². The molecule has 0 bridgehead atoms.